The summed E-state index contributed by atoms with van der Waals surface area (Å²) in [6, 6.07) is 7.50. The lowest BCUT2D eigenvalue weighted by atomic mass is 10.1. The molecule has 0 bridgehead atoms. The summed E-state index contributed by atoms with van der Waals surface area (Å²) < 4.78 is 22.2. The van der Waals surface area contributed by atoms with Crippen molar-refractivity contribution in [1.82, 2.24) is 14.9 Å². The van der Waals surface area contributed by atoms with E-state index >= 15 is 0 Å². The lowest BCUT2D eigenvalue weighted by Gasteiger charge is -2.15. The molecule has 1 amide bonds. The van der Waals surface area contributed by atoms with Gasteiger partial charge in [0, 0.05) is 29.6 Å². The number of carbonyl (C=O) groups is 1. The van der Waals surface area contributed by atoms with E-state index in [0.717, 1.165) is 11.0 Å². The van der Waals surface area contributed by atoms with Crippen molar-refractivity contribution in [2.45, 2.75) is 13.0 Å². The van der Waals surface area contributed by atoms with Crippen LogP contribution in [0.4, 0.5) is 0 Å². The molecule has 1 aromatic heterocycles. The van der Waals surface area contributed by atoms with Gasteiger partial charge in [0.05, 0.1) is 35.2 Å². The van der Waals surface area contributed by atoms with Crippen LogP contribution in [0.25, 0.3) is 11.0 Å². The summed E-state index contributed by atoms with van der Waals surface area (Å²) in [6.07, 6.45) is 1.84. The maximum Gasteiger partial charge on any atom is 0.232 e. The molecule has 116 valence electrons. The zero-order chi connectivity index (χ0) is 15.7. The maximum atomic E-state index is 12.0. The molecule has 2 aromatic rings. The third kappa shape index (κ3) is 3.53. The molecule has 3 rings (SSSR count). The molecule has 6 nitrogen and oxygen atoms in total. The monoisotopic (exact) mass is 339 g/mol. The van der Waals surface area contributed by atoms with Crippen LogP contribution in [0.2, 0.25) is 0 Å². The van der Waals surface area contributed by atoms with E-state index in [1.165, 1.54) is 0 Å². The van der Waals surface area contributed by atoms with E-state index in [4.69, 9.17) is 10.7 Å². The Balaban J connectivity index is 1.73. The minimum absolute atomic E-state index is 0.0831. The van der Waals surface area contributed by atoms with Crippen LogP contribution < -0.4 is 0 Å². The van der Waals surface area contributed by atoms with Crippen molar-refractivity contribution >= 4 is 36.7 Å². The number of halogens is 1. The molecule has 0 radical (unpaired) electrons. The number of para-hydroxylation sites is 2. The molecule has 1 atom stereocenters. The van der Waals surface area contributed by atoms with Gasteiger partial charge in [-0.2, -0.15) is 0 Å². The van der Waals surface area contributed by atoms with Gasteiger partial charge < -0.3 is 4.90 Å². The summed E-state index contributed by atoms with van der Waals surface area (Å²) in [5.74, 6) is -0.524. The topological polar surface area (TPSA) is 80.2 Å². The molecule has 0 N–H and O–H groups in total. The van der Waals surface area contributed by atoms with Crippen molar-refractivity contribution in [3.63, 3.8) is 0 Å². The Morgan fingerprint density at radius 3 is 2.73 bits per heavy atom. The van der Waals surface area contributed by atoms with Gasteiger partial charge in [-0.3, -0.25) is 9.78 Å². The average molecular weight is 340 g/mol. The number of likely N-dealkylation sites (tertiary alicyclic amines) is 1. The van der Waals surface area contributed by atoms with Crippen molar-refractivity contribution < 1.29 is 13.2 Å². The van der Waals surface area contributed by atoms with Crippen LogP contribution in [0.15, 0.2) is 30.5 Å². The van der Waals surface area contributed by atoms with Gasteiger partial charge in [-0.1, -0.05) is 12.1 Å². The molecule has 22 heavy (non-hydrogen) atoms. The predicted octanol–water partition coefficient (Wildman–Crippen LogP) is 1.55. The van der Waals surface area contributed by atoms with E-state index in [-0.39, 0.29) is 24.0 Å². The van der Waals surface area contributed by atoms with Crippen molar-refractivity contribution in [3.05, 3.63) is 36.2 Å². The zero-order valence-corrected chi connectivity index (χ0v) is 13.2. The largest absolute Gasteiger partial charge is 0.336 e. The number of benzene rings is 1. The number of nitrogens with zero attached hydrogens (tertiary/aromatic N) is 3. The highest BCUT2D eigenvalue weighted by molar-refractivity contribution is 8.13. The van der Waals surface area contributed by atoms with Crippen LogP contribution in [0, 0.1) is 5.92 Å². The van der Waals surface area contributed by atoms with E-state index < -0.39 is 9.05 Å². The maximum absolute atomic E-state index is 12.0. The molecule has 1 fully saturated rings. The van der Waals surface area contributed by atoms with Gasteiger partial charge in [0.15, 0.2) is 0 Å². The first-order valence-electron chi connectivity index (χ1n) is 6.81. The number of carbonyl (C=O) groups excluding carboxylic acids is 1. The molecule has 0 saturated carbocycles. The van der Waals surface area contributed by atoms with Crippen LogP contribution in [-0.2, 0) is 20.4 Å². The predicted molar refractivity (Wildman–Crippen MR) is 82.7 cm³/mol. The standard InChI is InChI=1S/C14H14ClN3O3S/c15-22(20,21)9-10-5-14(19)18(7-10)8-11-6-16-12-3-1-2-4-13(12)17-11/h1-4,6,10H,5,7-9H2. The highest BCUT2D eigenvalue weighted by atomic mass is 35.7. The number of rotatable bonds is 4. The Kier molecular flexibility index (Phi) is 4.01. The highest BCUT2D eigenvalue weighted by Crippen LogP contribution is 2.22. The molecule has 0 aliphatic carbocycles. The van der Waals surface area contributed by atoms with Crippen LogP contribution in [0.3, 0.4) is 0 Å². The van der Waals surface area contributed by atoms with E-state index in [0.29, 0.717) is 18.8 Å². The third-order valence-electron chi connectivity index (χ3n) is 3.58. The number of hydrogen-bond acceptors (Lipinski definition) is 5. The quantitative estimate of drug-likeness (QED) is 0.789. The van der Waals surface area contributed by atoms with Crippen molar-refractivity contribution in [1.29, 1.82) is 0 Å². The summed E-state index contributed by atoms with van der Waals surface area (Å²) in [6.45, 7) is 0.703. The third-order valence-corrected chi connectivity index (χ3v) is 4.83. The molecule has 1 saturated heterocycles. The summed E-state index contributed by atoms with van der Waals surface area (Å²) in [5.41, 5.74) is 2.25. The first kappa shape index (κ1) is 15.2. The normalized spacial score (nSPS) is 19.0. The Morgan fingerprint density at radius 1 is 1.27 bits per heavy atom. The lowest BCUT2D eigenvalue weighted by molar-refractivity contribution is -0.128. The first-order chi connectivity index (χ1) is 10.4. The SMILES string of the molecule is O=C1CC(CS(=O)(=O)Cl)CN1Cc1cnc2ccccc2n1. The van der Waals surface area contributed by atoms with Gasteiger partial charge in [-0.05, 0) is 12.1 Å². The van der Waals surface area contributed by atoms with Crippen LogP contribution in [-0.4, -0.2) is 41.5 Å². The summed E-state index contributed by atoms with van der Waals surface area (Å²) in [7, 11) is 1.66. The van der Waals surface area contributed by atoms with E-state index in [1.807, 2.05) is 24.3 Å². The molecule has 8 heteroatoms. The lowest BCUT2D eigenvalue weighted by Crippen LogP contribution is -2.26. The Hall–Kier alpha value is -1.73. The summed E-state index contributed by atoms with van der Waals surface area (Å²) >= 11 is 0. The van der Waals surface area contributed by atoms with Gasteiger partial charge in [0.1, 0.15) is 0 Å². The average Bonchev–Trinajstić information content (AvgIpc) is 2.76. The number of hydrogen-bond donors (Lipinski definition) is 0. The number of aromatic nitrogens is 2. The minimum atomic E-state index is -3.59. The second-order valence-electron chi connectivity index (χ2n) is 5.40. The zero-order valence-electron chi connectivity index (χ0n) is 11.6. The Labute approximate surface area is 132 Å². The van der Waals surface area contributed by atoms with E-state index in [9.17, 15) is 13.2 Å². The highest BCUT2D eigenvalue weighted by Gasteiger charge is 2.32. The second kappa shape index (κ2) is 5.81. The fourth-order valence-corrected chi connectivity index (χ4v) is 3.99. The Morgan fingerprint density at radius 2 is 2.00 bits per heavy atom. The van der Waals surface area contributed by atoms with E-state index in [2.05, 4.69) is 9.97 Å². The molecule has 2 heterocycles. The van der Waals surface area contributed by atoms with Gasteiger partial charge in [-0.15, -0.1) is 0 Å². The van der Waals surface area contributed by atoms with E-state index in [1.54, 1.807) is 11.1 Å². The summed E-state index contributed by atoms with van der Waals surface area (Å²) in [4.78, 5) is 22.4. The van der Waals surface area contributed by atoms with Crippen molar-refractivity contribution in [2.24, 2.45) is 5.92 Å². The van der Waals surface area contributed by atoms with Crippen molar-refractivity contribution in [3.8, 4) is 0 Å². The number of fused-ring (bicyclic) bond motifs is 1. The molecular weight excluding hydrogens is 326 g/mol. The van der Waals surface area contributed by atoms with Gasteiger partial charge in [0.2, 0.25) is 15.0 Å². The molecular formula is C14H14ClN3O3S. The minimum Gasteiger partial charge on any atom is -0.336 e. The molecule has 0 spiro atoms. The van der Waals surface area contributed by atoms with Gasteiger partial charge in [0.25, 0.3) is 0 Å². The van der Waals surface area contributed by atoms with Crippen molar-refractivity contribution in [2.75, 3.05) is 12.3 Å². The smallest absolute Gasteiger partial charge is 0.232 e. The fourth-order valence-electron chi connectivity index (χ4n) is 2.67. The van der Waals surface area contributed by atoms with Gasteiger partial charge >= 0.3 is 0 Å². The molecule has 1 unspecified atom stereocenters. The summed E-state index contributed by atoms with van der Waals surface area (Å²) in [5, 5.41) is 0. The number of amides is 1. The molecule has 1 aliphatic rings. The van der Waals surface area contributed by atoms with Crippen LogP contribution >= 0.6 is 10.7 Å². The second-order valence-corrected chi connectivity index (χ2v) is 8.22. The van der Waals surface area contributed by atoms with Crippen LogP contribution in [0.5, 0.6) is 0 Å². The van der Waals surface area contributed by atoms with Gasteiger partial charge in [-0.25, -0.2) is 13.4 Å². The molecule has 1 aliphatic heterocycles. The molecule has 1 aromatic carbocycles. The first-order valence-corrected chi connectivity index (χ1v) is 9.29. The Bertz CT molecular complexity index is 825. The van der Waals surface area contributed by atoms with Crippen LogP contribution in [0.1, 0.15) is 12.1 Å². The fraction of sp³-hybridized carbons (Fsp3) is 0.357.